The second-order valence-corrected chi connectivity index (χ2v) is 6.89. The molecule has 2 aromatic heterocycles. The number of carbonyl (C=O) groups excluding carboxylic acids is 1. The highest BCUT2D eigenvalue weighted by Crippen LogP contribution is 2.35. The van der Waals surface area contributed by atoms with E-state index in [0.29, 0.717) is 28.0 Å². The average molecular weight is 388 g/mol. The first-order valence-electron chi connectivity index (χ1n) is 8.20. The molecule has 8 heteroatoms. The quantitative estimate of drug-likeness (QED) is 0.682. The Labute approximate surface area is 160 Å². The van der Waals surface area contributed by atoms with Crippen molar-refractivity contribution in [1.82, 2.24) is 24.6 Å². The van der Waals surface area contributed by atoms with Crippen LogP contribution in [-0.4, -0.2) is 37.1 Å². The molecule has 3 aromatic rings. The van der Waals surface area contributed by atoms with Crippen molar-refractivity contribution < 1.29 is 4.79 Å². The van der Waals surface area contributed by atoms with Crippen LogP contribution >= 0.6 is 23.2 Å². The van der Waals surface area contributed by atoms with Gasteiger partial charge in [0, 0.05) is 12.7 Å². The summed E-state index contributed by atoms with van der Waals surface area (Å²) in [5, 5.41) is 5.05. The number of benzene rings is 1. The minimum absolute atomic E-state index is 0.00717. The van der Waals surface area contributed by atoms with Crippen molar-refractivity contribution in [3.05, 3.63) is 70.4 Å². The number of carbonyl (C=O) groups is 1. The van der Waals surface area contributed by atoms with Crippen molar-refractivity contribution in [2.24, 2.45) is 0 Å². The zero-order valence-electron chi connectivity index (χ0n) is 13.7. The van der Waals surface area contributed by atoms with Gasteiger partial charge in [-0.1, -0.05) is 29.3 Å². The molecule has 1 aromatic carbocycles. The Hall–Kier alpha value is -2.44. The minimum atomic E-state index is -0.0452. The maximum absolute atomic E-state index is 13.0. The molecule has 1 aliphatic rings. The van der Waals surface area contributed by atoms with Crippen molar-refractivity contribution in [2.45, 2.75) is 18.9 Å². The van der Waals surface area contributed by atoms with Crippen LogP contribution in [0, 0.1) is 0 Å². The molecular formula is C18H15Cl2N5O. The Kier molecular flexibility index (Phi) is 4.61. The lowest BCUT2D eigenvalue weighted by molar-refractivity contribution is 0.0735. The average Bonchev–Trinajstić information content (AvgIpc) is 3.35. The van der Waals surface area contributed by atoms with Gasteiger partial charge in [0.15, 0.2) is 5.82 Å². The highest BCUT2D eigenvalue weighted by atomic mass is 35.5. The molecule has 0 N–H and O–H groups in total. The standard InChI is InChI=1S/C18H15Cl2N5O/c19-14-5-3-12(8-15(14)20)16-2-1-7-24(16)18(26)13-4-6-17(22-9-13)25-11-21-10-23-25/h3-6,8-11,16H,1-2,7H2. The summed E-state index contributed by atoms with van der Waals surface area (Å²) in [5.41, 5.74) is 1.54. The Balaban J connectivity index is 1.57. The van der Waals surface area contributed by atoms with Gasteiger partial charge in [0.05, 0.1) is 21.7 Å². The van der Waals surface area contributed by atoms with E-state index in [9.17, 15) is 4.79 Å². The van der Waals surface area contributed by atoms with E-state index in [1.165, 1.54) is 6.33 Å². The van der Waals surface area contributed by atoms with Crippen molar-refractivity contribution in [2.75, 3.05) is 6.54 Å². The van der Waals surface area contributed by atoms with E-state index in [-0.39, 0.29) is 11.9 Å². The SMILES string of the molecule is O=C(c1ccc(-n2cncn2)nc1)N1CCCC1c1ccc(Cl)c(Cl)c1. The van der Waals surface area contributed by atoms with E-state index in [0.717, 1.165) is 18.4 Å². The lowest BCUT2D eigenvalue weighted by Gasteiger charge is -2.25. The molecule has 0 spiro atoms. The predicted molar refractivity (Wildman–Crippen MR) is 98.6 cm³/mol. The number of aromatic nitrogens is 4. The molecule has 1 saturated heterocycles. The first-order chi connectivity index (χ1) is 12.6. The number of halogens is 2. The third-order valence-corrected chi connectivity index (χ3v) is 5.23. The van der Waals surface area contributed by atoms with E-state index >= 15 is 0 Å². The maximum Gasteiger partial charge on any atom is 0.255 e. The van der Waals surface area contributed by atoms with Gasteiger partial charge >= 0.3 is 0 Å². The fourth-order valence-corrected chi connectivity index (χ4v) is 3.52. The minimum Gasteiger partial charge on any atom is -0.332 e. The van der Waals surface area contributed by atoms with E-state index in [4.69, 9.17) is 23.2 Å². The first kappa shape index (κ1) is 17.0. The molecule has 1 atom stereocenters. The highest BCUT2D eigenvalue weighted by Gasteiger charge is 2.31. The lowest BCUT2D eigenvalue weighted by Crippen LogP contribution is -2.30. The summed E-state index contributed by atoms with van der Waals surface area (Å²) in [4.78, 5) is 23.0. The molecule has 132 valence electrons. The van der Waals surface area contributed by atoms with Gasteiger partial charge in [0.25, 0.3) is 5.91 Å². The summed E-state index contributed by atoms with van der Waals surface area (Å²) >= 11 is 12.2. The highest BCUT2D eigenvalue weighted by molar-refractivity contribution is 6.42. The Morgan fingerprint density at radius 1 is 1.15 bits per heavy atom. The summed E-state index contributed by atoms with van der Waals surface area (Å²) in [6.07, 6.45) is 6.41. The molecule has 1 unspecified atom stereocenters. The molecule has 26 heavy (non-hydrogen) atoms. The summed E-state index contributed by atoms with van der Waals surface area (Å²) in [6, 6.07) is 9.05. The van der Waals surface area contributed by atoms with Gasteiger partial charge in [-0.05, 0) is 42.7 Å². The summed E-state index contributed by atoms with van der Waals surface area (Å²) in [6.45, 7) is 0.703. The Morgan fingerprint density at radius 3 is 2.73 bits per heavy atom. The van der Waals surface area contributed by atoms with Crippen molar-refractivity contribution in [3.63, 3.8) is 0 Å². The molecule has 0 saturated carbocycles. The third-order valence-electron chi connectivity index (χ3n) is 4.49. The van der Waals surface area contributed by atoms with Gasteiger partial charge < -0.3 is 4.90 Å². The van der Waals surface area contributed by atoms with Crippen LogP contribution in [0.15, 0.2) is 49.2 Å². The monoisotopic (exact) mass is 387 g/mol. The van der Waals surface area contributed by atoms with Crippen LogP contribution in [-0.2, 0) is 0 Å². The largest absolute Gasteiger partial charge is 0.332 e. The van der Waals surface area contributed by atoms with E-state index < -0.39 is 0 Å². The van der Waals surface area contributed by atoms with E-state index in [2.05, 4.69) is 15.1 Å². The molecule has 1 aliphatic heterocycles. The van der Waals surface area contributed by atoms with E-state index in [1.54, 1.807) is 35.4 Å². The number of pyridine rings is 1. The topological polar surface area (TPSA) is 63.9 Å². The number of likely N-dealkylation sites (tertiary alicyclic amines) is 1. The van der Waals surface area contributed by atoms with Crippen LogP contribution in [0.5, 0.6) is 0 Å². The molecule has 0 bridgehead atoms. The number of hydrogen-bond acceptors (Lipinski definition) is 4. The molecule has 0 aliphatic carbocycles. The smallest absolute Gasteiger partial charge is 0.255 e. The molecule has 4 rings (SSSR count). The molecule has 3 heterocycles. The fraction of sp³-hybridized carbons (Fsp3) is 0.222. The van der Waals surface area contributed by atoms with E-state index in [1.807, 2.05) is 17.0 Å². The van der Waals surface area contributed by atoms with Crippen molar-refractivity contribution in [3.8, 4) is 5.82 Å². The number of hydrogen-bond donors (Lipinski definition) is 0. The zero-order chi connectivity index (χ0) is 18.1. The fourth-order valence-electron chi connectivity index (χ4n) is 3.22. The van der Waals surface area contributed by atoms with Crippen molar-refractivity contribution in [1.29, 1.82) is 0 Å². The molecule has 1 amide bonds. The van der Waals surface area contributed by atoms with Crippen LogP contribution in [0.1, 0.15) is 34.8 Å². The van der Waals surface area contributed by atoms with Gasteiger partial charge in [-0.15, -0.1) is 0 Å². The van der Waals surface area contributed by atoms with Gasteiger partial charge in [-0.2, -0.15) is 5.10 Å². The van der Waals surface area contributed by atoms with Crippen LogP contribution in [0.2, 0.25) is 10.0 Å². The van der Waals surface area contributed by atoms with Crippen LogP contribution < -0.4 is 0 Å². The Morgan fingerprint density at radius 2 is 2.04 bits per heavy atom. The van der Waals surface area contributed by atoms with Gasteiger partial charge in [-0.25, -0.2) is 14.6 Å². The van der Waals surface area contributed by atoms with Gasteiger partial charge in [-0.3, -0.25) is 4.79 Å². The van der Waals surface area contributed by atoms with Gasteiger partial charge in [0.1, 0.15) is 12.7 Å². The molecule has 6 nitrogen and oxygen atoms in total. The Bertz CT molecular complexity index is 927. The molecular weight excluding hydrogens is 373 g/mol. The van der Waals surface area contributed by atoms with Gasteiger partial charge in [0.2, 0.25) is 0 Å². The van der Waals surface area contributed by atoms with Crippen LogP contribution in [0.3, 0.4) is 0 Å². The molecule has 1 fully saturated rings. The summed E-state index contributed by atoms with van der Waals surface area (Å²) in [7, 11) is 0. The maximum atomic E-state index is 13.0. The second kappa shape index (κ2) is 7.05. The number of amides is 1. The second-order valence-electron chi connectivity index (χ2n) is 6.08. The van der Waals surface area contributed by atoms with Crippen molar-refractivity contribution >= 4 is 29.1 Å². The first-order valence-corrected chi connectivity index (χ1v) is 8.96. The third kappa shape index (κ3) is 3.18. The lowest BCUT2D eigenvalue weighted by atomic mass is 10.0. The zero-order valence-corrected chi connectivity index (χ0v) is 15.2. The summed E-state index contributed by atoms with van der Waals surface area (Å²) < 4.78 is 1.54. The summed E-state index contributed by atoms with van der Waals surface area (Å²) in [5.74, 6) is 0.567. The molecule has 0 radical (unpaired) electrons. The number of rotatable bonds is 3. The number of nitrogens with zero attached hydrogens (tertiary/aromatic N) is 5. The van der Waals surface area contributed by atoms with Crippen LogP contribution in [0.4, 0.5) is 0 Å². The predicted octanol–water partition coefficient (Wildman–Crippen LogP) is 3.95. The normalized spacial score (nSPS) is 16.8. The van der Waals surface area contributed by atoms with Crippen LogP contribution in [0.25, 0.3) is 5.82 Å².